The summed E-state index contributed by atoms with van der Waals surface area (Å²) in [5.74, 6) is 0. The van der Waals surface area contributed by atoms with Crippen molar-refractivity contribution in [3.63, 3.8) is 0 Å². The van der Waals surface area contributed by atoms with Crippen molar-refractivity contribution in [1.82, 2.24) is 4.98 Å². The third-order valence-corrected chi connectivity index (χ3v) is 4.80. The third kappa shape index (κ3) is 3.38. The Hall–Kier alpha value is -1.68. The summed E-state index contributed by atoms with van der Waals surface area (Å²) in [4.78, 5) is 17.8. The van der Waals surface area contributed by atoms with E-state index in [1.54, 1.807) is 11.0 Å². The van der Waals surface area contributed by atoms with Gasteiger partial charge >= 0.3 is 19.2 Å². The number of nitriles is 1. The van der Waals surface area contributed by atoms with Crippen LogP contribution in [0.25, 0.3) is 0 Å². The zero-order chi connectivity index (χ0) is 17.1. The van der Waals surface area contributed by atoms with Crippen LogP contribution in [0, 0.1) is 11.3 Å². The van der Waals surface area contributed by atoms with Gasteiger partial charge in [0.05, 0.1) is 0 Å². The third-order valence-electron chi connectivity index (χ3n) is 3.00. The first-order valence-corrected chi connectivity index (χ1v) is 8.21. The smallest absolute Gasteiger partial charge is 0.380 e. The fourth-order valence-electron chi connectivity index (χ4n) is 2.08. The minimum Gasteiger partial charge on any atom is -0.388 e. The summed E-state index contributed by atoms with van der Waals surface area (Å²) in [5, 5.41) is 9.11. The Balaban J connectivity index is 3.69. The predicted octanol–water partition coefficient (Wildman–Crippen LogP) is 1.64. The van der Waals surface area contributed by atoms with Gasteiger partial charge in [-0.05, 0) is 27.7 Å². The molecule has 1 aromatic heterocycles. The van der Waals surface area contributed by atoms with Crippen LogP contribution < -0.4 is 16.0 Å². The molecule has 0 fully saturated rings. The molecule has 1 heterocycles. The lowest BCUT2D eigenvalue weighted by molar-refractivity contribution is 0.285. The van der Waals surface area contributed by atoms with Crippen LogP contribution in [0.3, 0.4) is 0 Å². The summed E-state index contributed by atoms with van der Waals surface area (Å²) in [6.45, 7) is 7.58. The Bertz CT molecular complexity index is 661. The summed E-state index contributed by atoms with van der Waals surface area (Å²) in [5.41, 5.74) is -1.75. The quantitative estimate of drug-likeness (QED) is 0.725. The lowest BCUT2D eigenvalue weighted by atomic mass is 10.2. The average molecular weight is 329 g/mol. The fourth-order valence-corrected chi connectivity index (χ4v) is 3.20. The van der Waals surface area contributed by atoms with Crippen molar-refractivity contribution in [2.75, 3.05) is 19.1 Å². The molecule has 0 saturated carbocycles. The van der Waals surface area contributed by atoms with Crippen LogP contribution in [0.5, 0.6) is 0 Å². The van der Waals surface area contributed by atoms with Crippen molar-refractivity contribution in [2.45, 2.75) is 39.8 Å². The van der Waals surface area contributed by atoms with Crippen molar-refractivity contribution < 1.29 is 18.0 Å². The molecular weight excluding hydrogens is 309 g/mol. The van der Waals surface area contributed by atoms with E-state index in [4.69, 9.17) is 18.7 Å². The Labute approximate surface area is 129 Å². The van der Waals surface area contributed by atoms with Crippen LogP contribution in [0.2, 0.25) is 0 Å². The molecule has 0 bridgehead atoms. The number of hydrogen-bond acceptors (Lipinski definition) is 8. The molecule has 1 rings (SSSR count). The minimum atomic E-state index is -3.86. The maximum atomic E-state index is 12.5. The Morgan fingerprint density at radius 2 is 1.73 bits per heavy atom. The van der Waals surface area contributed by atoms with E-state index < -0.39 is 18.8 Å². The van der Waals surface area contributed by atoms with Crippen molar-refractivity contribution in [3.05, 3.63) is 16.0 Å². The van der Waals surface area contributed by atoms with Crippen molar-refractivity contribution in [2.24, 2.45) is 0 Å². The monoisotopic (exact) mass is 329 g/mol. The van der Waals surface area contributed by atoms with E-state index in [0.29, 0.717) is 0 Å². The second-order valence-corrected chi connectivity index (χ2v) is 7.20. The molecule has 0 spiro atoms. The maximum Gasteiger partial charge on any atom is 0.380 e. The highest BCUT2D eigenvalue weighted by atomic mass is 31.2. The molecule has 0 aliphatic heterocycles. The van der Waals surface area contributed by atoms with Crippen molar-refractivity contribution in [1.29, 1.82) is 5.26 Å². The van der Waals surface area contributed by atoms with E-state index in [-0.39, 0.29) is 23.5 Å². The largest absolute Gasteiger partial charge is 0.388 e. The van der Waals surface area contributed by atoms with Crippen molar-refractivity contribution in [3.8, 4) is 6.07 Å². The molecule has 0 radical (unpaired) electrons. The van der Waals surface area contributed by atoms with Crippen LogP contribution in [0.1, 0.15) is 33.3 Å². The van der Waals surface area contributed by atoms with Crippen molar-refractivity contribution >= 4 is 19.0 Å². The SMILES string of the molecule is COP(=O)(OC)c1nc(N(C(C)C)C(C)C)oc(=O)c1C#N. The van der Waals surface area contributed by atoms with Crippen LogP contribution >= 0.6 is 7.60 Å². The second-order valence-electron chi connectivity index (χ2n) is 5.05. The topological polar surface area (TPSA) is 106 Å². The van der Waals surface area contributed by atoms with Gasteiger partial charge in [0.2, 0.25) is 0 Å². The van der Waals surface area contributed by atoms with Gasteiger partial charge in [-0.15, -0.1) is 0 Å². The molecule has 0 N–H and O–H groups in total. The maximum absolute atomic E-state index is 12.5. The normalized spacial score (nSPS) is 11.8. The summed E-state index contributed by atoms with van der Waals surface area (Å²) in [6, 6.07) is 1.56. The number of rotatable bonds is 6. The van der Waals surface area contributed by atoms with E-state index >= 15 is 0 Å². The fraction of sp³-hybridized carbons (Fsp3) is 0.615. The standard InChI is InChI=1S/C13H20N3O5P/c1-8(2)16(9(3)4)13-15-11(22(18,19-5)20-6)10(7-14)12(17)21-13/h8-9H,1-6H3. The van der Waals surface area contributed by atoms with Gasteiger partial charge in [-0.2, -0.15) is 10.2 Å². The van der Waals surface area contributed by atoms with E-state index in [2.05, 4.69) is 4.98 Å². The lowest BCUT2D eigenvalue weighted by Gasteiger charge is -2.30. The van der Waals surface area contributed by atoms with Crippen LogP contribution in [-0.2, 0) is 13.6 Å². The molecule has 0 unspecified atom stereocenters. The molecule has 122 valence electrons. The molecular formula is C13H20N3O5P. The van der Waals surface area contributed by atoms with Crippen LogP contribution in [-0.4, -0.2) is 31.3 Å². The lowest BCUT2D eigenvalue weighted by Crippen LogP contribution is -2.40. The van der Waals surface area contributed by atoms with Gasteiger partial charge < -0.3 is 18.4 Å². The number of hydrogen-bond donors (Lipinski definition) is 0. The molecule has 8 nitrogen and oxygen atoms in total. The first-order chi connectivity index (χ1) is 10.2. The highest BCUT2D eigenvalue weighted by molar-refractivity contribution is 7.62. The van der Waals surface area contributed by atoms with Gasteiger partial charge in [0.15, 0.2) is 11.0 Å². The van der Waals surface area contributed by atoms with Gasteiger partial charge in [-0.3, -0.25) is 4.57 Å². The number of anilines is 1. The molecule has 0 saturated heterocycles. The summed E-state index contributed by atoms with van der Waals surface area (Å²) in [7, 11) is -1.55. The first-order valence-electron chi connectivity index (χ1n) is 6.67. The van der Waals surface area contributed by atoms with Crippen LogP contribution in [0.4, 0.5) is 6.01 Å². The minimum absolute atomic E-state index is 0.0269. The number of nitrogens with zero attached hydrogens (tertiary/aromatic N) is 3. The first kappa shape index (κ1) is 18.4. The van der Waals surface area contributed by atoms with Gasteiger partial charge in [0.25, 0.3) is 0 Å². The predicted molar refractivity (Wildman–Crippen MR) is 81.5 cm³/mol. The second kappa shape index (κ2) is 7.05. The molecule has 22 heavy (non-hydrogen) atoms. The van der Waals surface area contributed by atoms with Gasteiger partial charge in [-0.1, -0.05) is 0 Å². The highest BCUT2D eigenvalue weighted by Gasteiger charge is 2.34. The Kier molecular flexibility index (Phi) is 5.89. The molecule has 0 atom stereocenters. The summed E-state index contributed by atoms with van der Waals surface area (Å²) < 4.78 is 27.3. The van der Waals surface area contributed by atoms with E-state index in [1.807, 2.05) is 27.7 Å². The average Bonchev–Trinajstić information content (AvgIpc) is 2.45. The molecule has 9 heteroatoms. The summed E-state index contributed by atoms with van der Waals surface area (Å²) >= 11 is 0. The van der Waals surface area contributed by atoms with Gasteiger partial charge in [0, 0.05) is 26.3 Å². The Morgan fingerprint density at radius 3 is 2.09 bits per heavy atom. The Morgan fingerprint density at radius 1 is 1.23 bits per heavy atom. The zero-order valence-electron chi connectivity index (χ0n) is 13.5. The zero-order valence-corrected chi connectivity index (χ0v) is 14.4. The van der Waals surface area contributed by atoms with E-state index in [9.17, 15) is 9.36 Å². The van der Waals surface area contributed by atoms with E-state index in [1.165, 1.54) is 0 Å². The molecule has 0 aliphatic rings. The van der Waals surface area contributed by atoms with Gasteiger partial charge in [0.1, 0.15) is 6.07 Å². The summed E-state index contributed by atoms with van der Waals surface area (Å²) in [6.07, 6.45) is 0. The molecule has 0 amide bonds. The van der Waals surface area contributed by atoms with Gasteiger partial charge in [-0.25, -0.2) is 4.79 Å². The highest BCUT2D eigenvalue weighted by Crippen LogP contribution is 2.45. The number of aromatic nitrogens is 1. The van der Waals surface area contributed by atoms with E-state index in [0.717, 1.165) is 14.2 Å². The molecule has 1 aromatic rings. The molecule has 0 aliphatic carbocycles. The molecule has 0 aromatic carbocycles. The van der Waals surface area contributed by atoms with Crippen LogP contribution in [0.15, 0.2) is 9.21 Å².